The minimum absolute atomic E-state index is 0.113. The quantitative estimate of drug-likeness (QED) is 0.262. The number of hydrogen-bond donors (Lipinski definition) is 3. The first-order valence-electron chi connectivity index (χ1n) is 12.6. The molecule has 4 aromatic rings. The lowest BCUT2D eigenvalue weighted by molar-refractivity contribution is -0.137. The molecule has 208 valence electrons. The molecule has 0 unspecified atom stereocenters. The number of anilines is 3. The van der Waals surface area contributed by atoms with Gasteiger partial charge in [0, 0.05) is 54.2 Å². The minimum Gasteiger partial charge on any atom is -0.369 e. The number of aromatic amines is 1. The molecule has 2 amide bonds. The summed E-state index contributed by atoms with van der Waals surface area (Å²) in [7, 11) is 2.12. The van der Waals surface area contributed by atoms with Crippen molar-refractivity contribution < 1.29 is 22.8 Å². The number of nitrogens with zero attached hydrogens (tertiary/aromatic N) is 3. The minimum atomic E-state index is -4.67. The highest BCUT2D eigenvalue weighted by Crippen LogP contribution is 2.36. The van der Waals surface area contributed by atoms with Gasteiger partial charge >= 0.3 is 6.18 Å². The molecule has 1 aliphatic heterocycles. The lowest BCUT2D eigenvalue weighted by Crippen LogP contribution is -2.44. The Morgan fingerprint density at radius 1 is 0.925 bits per heavy atom. The number of likely N-dealkylation sites (N-methyl/N-ethyl adjacent to an activating group) is 1. The molecule has 3 N–H and O–H groups in total. The summed E-state index contributed by atoms with van der Waals surface area (Å²) in [6.45, 7) is 4.02. The van der Waals surface area contributed by atoms with Crippen molar-refractivity contribution in [2.24, 2.45) is 0 Å². The zero-order chi connectivity index (χ0) is 28.4. The van der Waals surface area contributed by atoms with Gasteiger partial charge in [0.25, 0.3) is 0 Å². The summed E-state index contributed by atoms with van der Waals surface area (Å²) < 4.78 is 39.2. The molecule has 40 heavy (non-hydrogen) atoms. The number of fused-ring (bicyclic) bond motifs is 1. The standard InChI is InChI=1S/C28H26ClF3N6O2/c1-37-10-12-38(13-11-37)20-6-2-17(3-7-20)27-21-8-4-19(15-24(21)35-36-27)34-26(40)16-25(39)33-18-5-9-23(29)22(14-18)28(30,31)32/h2-9,14-15H,10-13,16H2,1H3,(H,33,39)(H,34,40)(H,35,36). The fourth-order valence-electron chi connectivity index (χ4n) is 4.59. The van der Waals surface area contributed by atoms with Crippen LogP contribution in [0.1, 0.15) is 12.0 Å². The lowest BCUT2D eigenvalue weighted by atomic mass is 10.1. The Kier molecular flexibility index (Phi) is 7.68. The Morgan fingerprint density at radius 2 is 1.55 bits per heavy atom. The Balaban J connectivity index is 1.21. The van der Waals surface area contributed by atoms with E-state index in [9.17, 15) is 22.8 Å². The van der Waals surface area contributed by atoms with Gasteiger partial charge in [-0.25, -0.2) is 0 Å². The first kappa shape index (κ1) is 27.5. The highest BCUT2D eigenvalue weighted by atomic mass is 35.5. The number of H-pyrrole nitrogens is 1. The Morgan fingerprint density at radius 3 is 2.20 bits per heavy atom. The third kappa shape index (κ3) is 6.21. The van der Waals surface area contributed by atoms with Crippen molar-refractivity contribution in [3.8, 4) is 11.3 Å². The van der Waals surface area contributed by atoms with Gasteiger partial charge in [0.05, 0.1) is 21.8 Å². The molecular weight excluding hydrogens is 545 g/mol. The number of benzene rings is 3. The third-order valence-corrected chi connectivity index (χ3v) is 7.06. The predicted octanol–water partition coefficient (Wildman–Crippen LogP) is 5.62. The van der Waals surface area contributed by atoms with Gasteiger partial charge in [0.2, 0.25) is 11.8 Å². The Labute approximate surface area is 233 Å². The molecule has 0 aliphatic carbocycles. The number of aromatic nitrogens is 2. The van der Waals surface area contributed by atoms with Crippen molar-refractivity contribution in [3.63, 3.8) is 0 Å². The first-order chi connectivity index (χ1) is 19.1. The van der Waals surface area contributed by atoms with Crippen LogP contribution in [0.4, 0.5) is 30.2 Å². The first-order valence-corrected chi connectivity index (χ1v) is 12.9. The van der Waals surface area contributed by atoms with Gasteiger partial charge in [0.1, 0.15) is 6.42 Å². The van der Waals surface area contributed by atoms with Crippen molar-refractivity contribution in [1.29, 1.82) is 0 Å². The van der Waals surface area contributed by atoms with E-state index in [4.69, 9.17) is 11.6 Å². The van der Waals surface area contributed by atoms with Crippen LogP contribution >= 0.6 is 11.6 Å². The number of carbonyl (C=O) groups is 2. The molecule has 12 heteroatoms. The molecule has 0 radical (unpaired) electrons. The monoisotopic (exact) mass is 570 g/mol. The van der Waals surface area contributed by atoms with Crippen LogP contribution in [0.25, 0.3) is 22.2 Å². The maximum atomic E-state index is 13.1. The Hall–Kier alpha value is -4.09. The van der Waals surface area contributed by atoms with Gasteiger partial charge in [-0.05, 0) is 55.6 Å². The lowest BCUT2D eigenvalue weighted by Gasteiger charge is -2.34. The second-order valence-electron chi connectivity index (χ2n) is 9.64. The van der Waals surface area contributed by atoms with Crippen LogP contribution in [0.2, 0.25) is 5.02 Å². The number of halogens is 4. The van der Waals surface area contributed by atoms with Gasteiger partial charge in [-0.3, -0.25) is 14.7 Å². The van der Waals surface area contributed by atoms with Gasteiger partial charge in [-0.15, -0.1) is 0 Å². The van der Waals surface area contributed by atoms with Crippen LogP contribution in [0, 0.1) is 0 Å². The van der Waals surface area contributed by atoms with Crippen LogP contribution in [-0.4, -0.2) is 60.1 Å². The number of carbonyl (C=O) groups excluding carboxylic acids is 2. The largest absolute Gasteiger partial charge is 0.417 e. The molecule has 1 fully saturated rings. The van der Waals surface area contributed by atoms with Gasteiger partial charge in [-0.1, -0.05) is 23.7 Å². The SMILES string of the molecule is CN1CCN(c2ccc(-c3n[nH]c4cc(NC(=O)CC(=O)Nc5ccc(Cl)c(C(F)(F)F)c5)ccc34)cc2)CC1. The maximum Gasteiger partial charge on any atom is 0.417 e. The summed E-state index contributed by atoms with van der Waals surface area (Å²) in [5.41, 5.74) is 2.85. The number of amides is 2. The van der Waals surface area contributed by atoms with Crippen molar-refractivity contribution >= 4 is 51.4 Å². The molecule has 0 spiro atoms. The molecule has 2 heterocycles. The topological polar surface area (TPSA) is 93.4 Å². The second kappa shape index (κ2) is 11.2. The molecular formula is C28H26ClF3N6O2. The number of alkyl halides is 3. The van der Waals surface area contributed by atoms with Gasteiger partial charge in [-0.2, -0.15) is 18.3 Å². The highest BCUT2D eigenvalue weighted by molar-refractivity contribution is 6.31. The normalized spacial score (nSPS) is 14.4. The fourth-order valence-corrected chi connectivity index (χ4v) is 4.81. The summed E-state index contributed by atoms with van der Waals surface area (Å²) in [4.78, 5) is 29.4. The van der Waals surface area contributed by atoms with Crippen LogP contribution in [0.3, 0.4) is 0 Å². The molecule has 8 nitrogen and oxygen atoms in total. The zero-order valence-electron chi connectivity index (χ0n) is 21.5. The fraction of sp³-hybridized carbons (Fsp3) is 0.250. The summed E-state index contributed by atoms with van der Waals surface area (Å²) in [6.07, 6.45) is -5.26. The van der Waals surface area contributed by atoms with Crippen molar-refractivity contribution in [1.82, 2.24) is 15.1 Å². The van der Waals surface area contributed by atoms with Crippen LogP contribution in [-0.2, 0) is 15.8 Å². The number of rotatable bonds is 6. The molecule has 3 aromatic carbocycles. The van der Waals surface area contributed by atoms with Gasteiger partial charge in [0.15, 0.2) is 0 Å². The van der Waals surface area contributed by atoms with Crippen LogP contribution in [0.5, 0.6) is 0 Å². The van der Waals surface area contributed by atoms with E-state index in [1.807, 2.05) is 18.2 Å². The average molecular weight is 571 g/mol. The number of nitrogens with one attached hydrogen (secondary N) is 3. The van der Waals surface area contributed by atoms with E-state index in [1.165, 1.54) is 11.8 Å². The molecule has 0 bridgehead atoms. The summed E-state index contributed by atoms with van der Waals surface area (Å²) in [6, 6.07) is 16.5. The predicted molar refractivity (Wildman–Crippen MR) is 150 cm³/mol. The summed E-state index contributed by atoms with van der Waals surface area (Å²) in [5.74, 6) is -1.39. The van der Waals surface area contributed by atoms with Gasteiger partial charge < -0.3 is 20.4 Å². The Bertz CT molecular complexity index is 1550. The van der Waals surface area contributed by atoms with E-state index in [1.54, 1.807) is 12.1 Å². The van der Waals surface area contributed by atoms with E-state index in [2.05, 4.69) is 49.8 Å². The van der Waals surface area contributed by atoms with Crippen molar-refractivity contribution in [3.05, 3.63) is 71.2 Å². The maximum absolute atomic E-state index is 13.1. The van der Waals surface area contributed by atoms with E-state index in [0.29, 0.717) is 11.2 Å². The number of hydrogen-bond acceptors (Lipinski definition) is 5. The molecule has 0 atom stereocenters. The van der Waals surface area contributed by atoms with E-state index in [-0.39, 0.29) is 5.69 Å². The molecule has 1 saturated heterocycles. The van der Waals surface area contributed by atoms with Crippen molar-refractivity contribution in [2.45, 2.75) is 12.6 Å². The zero-order valence-corrected chi connectivity index (χ0v) is 22.2. The molecule has 0 saturated carbocycles. The molecule has 1 aliphatic rings. The second-order valence-corrected chi connectivity index (χ2v) is 10.0. The van der Waals surface area contributed by atoms with Crippen LogP contribution < -0.4 is 15.5 Å². The average Bonchev–Trinajstić information content (AvgIpc) is 3.33. The summed E-state index contributed by atoms with van der Waals surface area (Å²) in [5, 5.41) is 12.7. The summed E-state index contributed by atoms with van der Waals surface area (Å²) >= 11 is 5.60. The van der Waals surface area contributed by atoms with E-state index < -0.39 is 35.0 Å². The molecule has 1 aromatic heterocycles. The highest BCUT2D eigenvalue weighted by Gasteiger charge is 2.33. The number of piperazine rings is 1. The van der Waals surface area contributed by atoms with Crippen LogP contribution in [0.15, 0.2) is 60.7 Å². The smallest absolute Gasteiger partial charge is 0.369 e. The van der Waals surface area contributed by atoms with E-state index in [0.717, 1.165) is 55.0 Å². The van der Waals surface area contributed by atoms with Crippen molar-refractivity contribution in [2.75, 3.05) is 48.8 Å². The molecule has 5 rings (SSSR count). The van der Waals surface area contributed by atoms with E-state index >= 15 is 0 Å². The third-order valence-electron chi connectivity index (χ3n) is 6.73.